The number of nitrogens with one attached hydrogen (secondary N) is 2. The number of hydrogen-bond donors (Lipinski definition) is 2. The maximum Gasteiger partial charge on any atom is 0.191 e. The van der Waals surface area contributed by atoms with Crippen LogP contribution in [0.4, 0.5) is 5.69 Å². The molecular weight excluding hydrogens is 384 g/mol. The van der Waals surface area contributed by atoms with Gasteiger partial charge < -0.3 is 25.3 Å². The van der Waals surface area contributed by atoms with Gasteiger partial charge in [0.25, 0.3) is 0 Å². The highest BCUT2D eigenvalue weighted by atomic mass is 35.5. The lowest BCUT2D eigenvalue weighted by molar-refractivity contribution is 0.124. The van der Waals surface area contributed by atoms with E-state index >= 15 is 0 Å². The zero-order valence-corrected chi connectivity index (χ0v) is 19.0. The molecule has 0 aliphatic carbocycles. The summed E-state index contributed by atoms with van der Waals surface area (Å²) in [4.78, 5) is 11.9. The van der Waals surface area contributed by atoms with Gasteiger partial charge in [0.05, 0.1) is 0 Å². The van der Waals surface area contributed by atoms with E-state index in [0.29, 0.717) is 12.0 Å². The normalized spacial score (nSPS) is 22.7. The molecule has 29 heavy (non-hydrogen) atoms. The van der Waals surface area contributed by atoms with Gasteiger partial charge >= 0.3 is 0 Å². The highest BCUT2D eigenvalue weighted by Crippen LogP contribution is 2.23. The molecule has 0 aromatic heterocycles. The number of anilines is 1. The van der Waals surface area contributed by atoms with Crippen LogP contribution in [0.5, 0.6) is 0 Å². The standard InChI is InChI=1S/C22H37ClN6/c1-4-27-10-12-28(13-11-27)16-18(2)15-25-22(24-3)26-20-8-9-29(17-20)21-7-5-6-19(23)14-21/h5-7,14,18,20H,4,8-13,15-17H2,1-3H3,(H2,24,25,26). The number of benzene rings is 1. The number of nitrogens with zero attached hydrogens (tertiary/aromatic N) is 4. The second kappa shape index (κ2) is 11.0. The van der Waals surface area contributed by atoms with E-state index in [1.165, 1.54) is 38.4 Å². The van der Waals surface area contributed by atoms with E-state index in [9.17, 15) is 0 Å². The van der Waals surface area contributed by atoms with Gasteiger partial charge in [0, 0.05) is 76.2 Å². The lowest BCUT2D eigenvalue weighted by Gasteiger charge is -2.35. The molecule has 162 valence electrons. The van der Waals surface area contributed by atoms with Crippen molar-refractivity contribution in [2.24, 2.45) is 10.9 Å². The Balaban J connectivity index is 1.38. The number of piperazine rings is 1. The van der Waals surface area contributed by atoms with Crippen LogP contribution in [-0.4, -0.2) is 87.8 Å². The molecular formula is C22H37ClN6. The molecule has 2 N–H and O–H groups in total. The predicted molar refractivity (Wildman–Crippen MR) is 124 cm³/mol. The minimum atomic E-state index is 0.401. The first-order valence-electron chi connectivity index (χ1n) is 11.0. The SMILES string of the molecule is CCN1CCN(CC(C)CNC(=NC)NC2CCN(c3cccc(Cl)c3)C2)CC1. The van der Waals surface area contributed by atoms with E-state index < -0.39 is 0 Å². The molecule has 3 rings (SSSR count). The molecule has 0 radical (unpaired) electrons. The van der Waals surface area contributed by atoms with E-state index in [0.717, 1.165) is 43.6 Å². The van der Waals surface area contributed by atoms with Crippen LogP contribution in [0.25, 0.3) is 0 Å². The molecule has 2 heterocycles. The van der Waals surface area contributed by atoms with Gasteiger partial charge in [-0.2, -0.15) is 0 Å². The van der Waals surface area contributed by atoms with Gasteiger partial charge in [-0.15, -0.1) is 0 Å². The fourth-order valence-electron chi connectivity index (χ4n) is 4.24. The third-order valence-corrected chi connectivity index (χ3v) is 6.26. The fourth-order valence-corrected chi connectivity index (χ4v) is 4.42. The summed E-state index contributed by atoms with van der Waals surface area (Å²) >= 11 is 6.14. The molecule has 6 nitrogen and oxygen atoms in total. The maximum absolute atomic E-state index is 6.14. The molecule has 0 bridgehead atoms. The lowest BCUT2D eigenvalue weighted by atomic mass is 10.1. The number of rotatable bonds is 7. The monoisotopic (exact) mass is 420 g/mol. The molecule has 2 aliphatic rings. The smallest absolute Gasteiger partial charge is 0.191 e. The first-order valence-corrected chi connectivity index (χ1v) is 11.4. The summed E-state index contributed by atoms with van der Waals surface area (Å²) in [6.45, 7) is 14.6. The van der Waals surface area contributed by atoms with Crippen LogP contribution < -0.4 is 15.5 Å². The van der Waals surface area contributed by atoms with Crippen molar-refractivity contribution in [1.29, 1.82) is 0 Å². The first kappa shape index (κ1) is 22.2. The predicted octanol–water partition coefficient (Wildman–Crippen LogP) is 2.36. The first-order chi connectivity index (χ1) is 14.1. The Morgan fingerprint density at radius 1 is 1.21 bits per heavy atom. The summed E-state index contributed by atoms with van der Waals surface area (Å²) in [7, 11) is 1.85. The molecule has 1 aromatic rings. The van der Waals surface area contributed by atoms with Crippen LogP contribution in [-0.2, 0) is 0 Å². The molecule has 2 aliphatic heterocycles. The largest absolute Gasteiger partial charge is 0.369 e. The van der Waals surface area contributed by atoms with Gasteiger partial charge in [-0.1, -0.05) is 31.5 Å². The van der Waals surface area contributed by atoms with Crippen LogP contribution in [0.1, 0.15) is 20.3 Å². The molecule has 2 saturated heterocycles. The summed E-state index contributed by atoms with van der Waals surface area (Å²) in [5.74, 6) is 1.50. The van der Waals surface area contributed by atoms with Crippen molar-refractivity contribution in [1.82, 2.24) is 20.4 Å². The Morgan fingerprint density at radius 3 is 2.66 bits per heavy atom. The van der Waals surface area contributed by atoms with Crippen LogP contribution in [0.2, 0.25) is 5.02 Å². The molecule has 2 fully saturated rings. The Kier molecular flexibility index (Phi) is 8.45. The van der Waals surface area contributed by atoms with Gasteiger partial charge in [0.1, 0.15) is 0 Å². The number of guanidine groups is 1. The van der Waals surface area contributed by atoms with Crippen molar-refractivity contribution in [3.8, 4) is 0 Å². The van der Waals surface area contributed by atoms with Gasteiger partial charge in [-0.05, 0) is 37.1 Å². The molecule has 2 atom stereocenters. The zero-order valence-electron chi connectivity index (χ0n) is 18.2. The van der Waals surface area contributed by atoms with Crippen molar-refractivity contribution in [2.45, 2.75) is 26.3 Å². The van der Waals surface area contributed by atoms with E-state index in [-0.39, 0.29) is 0 Å². The number of halogens is 1. The second-order valence-corrected chi connectivity index (χ2v) is 8.79. The molecule has 0 saturated carbocycles. The Morgan fingerprint density at radius 2 is 1.97 bits per heavy atom. The van der Waals surface area contributed by atoms with Gasteiger partial charge in [-0.3, -0.25) is 4.99 Å². The quantitative estimate of drug-likeness (QED) is 0.523. The van der Waals surface area contributed by atoms with E-state index in [1.54, 1.807) is 0 Å². The van der Waals surface area contributed by atoms with Crippen molar-refractivity contribution in [3.05, 3.63) is 29.3 Å². The van der Waals surface area contributed by atoms with Gasteiger partial charge in [-0.25, -0.2) is 0 Å². The Bertz CT molecular complexity index is 658. The Hall–Kier alpha value is -1.50. The number of hydrogen-bond acceptors (Lipinski definition) is 4. The maximum atomic E-state index is 6.14. The molecule has 7 heteroatoms. The third-order valence-electron chi connectivity index (χ3n) is 6.03. The van der Waals surface area contributed by atoms with Crippen LogP contribution >= 0.6 is 11.6 Å². The topological polar surface area (TPSA) is 46.1 Å². The molecule has 2 unspecified atom stereocenters. The average molecular weight is 421 g/mol. The highest BCUT2D eigenvalue weighted by molar-refractivity contribution is 6.30. The molecule has 0 amide bonds. The number of likely N-dealkylation sites (N-methyl/N-ethyl adjacent to an activating group) is 1. The van der Waals surface area contributed by atoms with Crippen molar-refractivity contribution < 1.29 is 0 Å². The van der Waals surface area contributed by atoms with E-state index in [4.69, 9.17) is 11.6 Å². The summed E-state index contributed by atoms with van der Waals surface area (Å²) < 4.78 is 0. The molecule has 1 aromatic carbocycles. The number of aliphatic imine (C=N–C) groups is 1. The summed E-state index contributed by atoms with van der Waals surface area (Å²) in [6, 6.07) is 8.51. The second-order valence-electron chi connectivity index (χ2n) is 8.35. The van der Waals surface area contributed by atoms with Crippen molar-refractivity contribution in [3.63, 3.8) is 0 Å². The van der Waals surface area contributed by atoms with Gasteiger partial charge in [0.2, 0.25) is 0 Å². The lowest BCUT2D eigenvalue weighted by Crippen LogP contribution is -2.49. The molecule has 0 spiro atoms. The minimum Gasteiger partial charge on any atom is -0.369 e. The zero-order chi connectivity index (χ0) is 20.6. The van der Waals surface area contributed by atoms with Crippen molar-refractivity contribution in [2.75, 3.05) is 70.9 Å². The Labute approximate surface area is 181 Å². The van der Waals surface area contributed by atoms with E-state index in [2.05, 4.69) is 50.2 Å². The van der Waals surface area contributed by atoms with Crippen LogP contribution in [0.15, 0.2) is 29.3 Å². The third kappa shape index (κ3) is 6.76. The summed E-state index contributed by atoms with van der Waals surface area (Å²) in [5.41, 5.74) is 1.20. The van der Waals surface area contributed by atoms with Crippen LogP contribution in [0.3, 0.4) is 0 Å². The average Bonchev–Trinajstić information content (AvgIpc) is 3.20. The van der Waals surface area contributed by atoms with Crippen LogP contribution in [0, 0.1) is 5.92 Å². The summed E-state index contributed by atoms with van der Waals surface area (Å²) in [5, 5.41) is 7.92. The summed E-state index contributed by atoms with van der Waals surface area (Å²) in [6.07, 6.45) is 1.10. The minimum absolute atomic E-state index is 0.401. The van der Waals surface area contributed by atoms with E-state index in [1.807, 2.05) is 25.2 Å². The van der Waals surface area contributed by atoms with Crippen molar-refractivity contribution >= 4 is 23.2 Å². The highest BCUT2D eigenvalue weighted by Gasteiger charge is 2.24. The fraction of sp³-hybridized carbons (Fsp3) is 0.682. The van der Waals surface area contributed by atoms with Gasteiger partial charge in [0.15, 0.2) is 5.96 Å².